The van der Waals surface area contributed by atoms with Gasteiger partial charge >= 0.3 is 0 Å². The van der Waals surface area contributed by atoms with E-state index in [1.165, 1.54) is 5.69 Å². The van der Waals surface area contributed by atoms with Gasteiger partial charge in [-0.3, -0.25) is 4.79 Å². The Bertz CT molecular complexity index is 394. The van der Waals surface area contributed by atoms with E-state index in [2.05, 4.69) is 29.4 Å². The van der Waals surface area contributed by atoms with Crippen LogP contribution in [0.25, 0.3) is 0 Å². The van der Waals surface area contributed by atoms with Crippen molar-refractivity contribution >= 4 is 11.6 Å². The quantitative estimate of drug-likeness (QED) is 0.751. The fraction of sp³-hybridized carbons (Fsp3) is 0.533. The van der Waals surface area contributed by atoms with Gasteiger partial charge < -0.3 is 16.0 Å². The van der Waals surface area contributed by atoms with Crippen LogP contribution in [-0.2, 0) is 4.79 Å². The van der Waals surface area contributed by atoms with E-state index in [4.69, 9.17) is 5.73 Å². The summed E-state index contributed by atoms with van der Waals surface area (Å²) in [5, 5.41) is 3.18. The standard InChI is InChI=1S/C15H25N3O/c1-4-17-15(2,14(16)19)11-8-12-18(3)13-9-6-5-7-10-13/h5-7,9-10,17H,4,8,11-12H2,1-3H3,(H2,16,19). The number of amides is 1. The average molecular weight is 263 g/mol. The molecule has 19 heavy (non-hydrogen) atoms. The summed E-state index contributed by atoms with van der Waals surface area (Å²) in [7, 11) is 2.06. The molecular formula is C15H25N3O. The highest BCUT2D eigenvalue weighted by Crippen LogP contribution is 2.15. The molecule has 0 saturated carbocycles. The molecule has 0 saturated heterocycles. The van der Waals surface area contributed by atoms with Crippen LogP contribution in [0.3, 0.4) is 0 Å². The summed E-state index contributed by atoms with van der Waals surface area (Å²) in [6.07, 6.45) is 1.66. The number of hydrogen-bond acceptors (Lipinski definition) is 3. The van der Waals surface area contributed by atoms with Crippen molar-refractivity contribution in [3.63, 3.8) is 0 Å². The third-order valence-electron chi connectivity index (χ3n) is 3.48. The molecule has 106 valence electrons. The number of benzene rings is 1. The van der Waals surface area contributed by atoms with E-state index in [0.29, 0.717) is 0 Å². The van der Waals surface area contributed by atoms with Gasteiger partial charge in [-0.2, -0.15) is 0 Å². The zero-order valence-electron chi connectivity index (χ0n) is 12.1. The Kier molecular flexibility index (Phi) is 5.83. The van der Waals surface area contributed by atoms with Gasteiger partial charge in [0.15, 0.2) is 0 Å². The van der Waals surface area contributed by atoms with E-state index >= 15 is 0 Å². The highest BCUT2D eigenvalue weighted by atomic mass is 16.1. The molecule has 0 aliphatic carbocycles. The fourth-order valence-corrected chi connectivity index (χ4v) is 2.17. The minimum Gasteiger partial charge on any atom is -0.375 e. The minimum absolute atomic E-state index is 0.281. The number of carbonyl (C=O) groups is 1. The SMILES string of the molecule is CCNC(C)(CCCN(C)c1ccccc1)C(N)=O. The molecule has 1 amide bonds. The van der Waals surface area contributed by atoms with E-state index in [0.717, 1.165) is 25.9 Å². The molecule has 0 aliphatic heterocycles. The molecule has 1 aromatic carbocycles. The van der Waals surface area contributed by atoms with Crippen LogP contribution in [0, 0.1) is 0 Å². The lowest BCUT2D eigenvalue weighted by Gasteiger charge is -2.28. The Labute approximate surface area is 116 Å². The number of carbonyl (C=O) groups excluding carboxylic acids is 1. The molecular weight excluding hydrogens is 238 g/mol. The molecule has 0 spiro atoms. The van der Waals surface area contributed by atoms with Gasteiger partial charge in [-0.05, 0) is 38.4 Å². The molecule has 0 radical (unpaired) electrons. The third kappa shape index (κ3) is 4.56. The van der Waals surface area contributed by atoms with Gasteiger partial charge in [-0.15, -0.1) is 0 Å². The Morgan fingerprint density at radius 2 is 2.00 bits per heavy atom. The number of primary amides is 1. The number of rotatable bonds is 8. The first-order valence-electron chi connectivity index (χ1n) is 6.80. The van der Waals surface area contributed by atoms with Crippen molar-refractivity contribution in [3.05, 3.63) is 30.3 Å². The van der Waals surface area contributed by atoms with Crippen molar-refractivity contribution < 1.29 is 4.79 Å². The number of hydrogen-bond donors (Lipinski definition) is 2. The summed E-state index contributed by atoms with van der Waals surface area (Å²) in [5.41, 5.74) is 6.05. The molecule has 0 fully saturated rings. The van der Waals surface area contributed by atoms with Gasteiger partial charge in [0.1, 0.15) is 0 Å². The molecule has 0 bridgehead atoms. The molecule has 0 heterocycles. The van der Waals surface area contributed by atoms with Crippen LogP contribution >= 0.6 is 0 Å². The van der Waals surface area contributed by atoms with Crippen LogP contribution in [0.4, 0.5) is 5.69 Å². The molecule has 1 aromatic rings. The van der Waals surface area contributed by atoms with Crippen molar-refractivity contribution in [1.29, 1.82) is 0 Å². The number of anilines is 1. The lowest BCUT2D eigenvalue weighted by Crippen LogP contribution is -2.53. The Morgan fingerprint density at radius 3 is 2.53 bits per heavy atom. The predicted molar refractivity (Wildman–Crippen MR) is 80.2 cm³/mol. The maximum atomic E-state index is 11.5. The van der Waals surface area contributed by atoms with Crippen LogP contribution in [0.5, 0.6) is 0 Å². The molecule has 3 N–H and O–H groups in total. The van der Waals surface area contributed by atoms with E-state index in [1.54, 1.807) is 0 Å². The second-order valence-electron chi connectivity index (χ2n) is 5.09. The number of para-hydroxylation sites is 1. The van der Waals surface area contributed by atoms with Gasteiger partial charge in [0.25, 0.3) is 0 Å². The smallest absolute Gasteiger partial charge is 0.237 e. The monoisotopic (exact) mass is 263 g/mol. The van der Waals surface area contributed by atoms with Crippen LogP contribution in [0.1, 0.15) is 26.7 Å². The van der Waals surface area contributed by atoms with Crippen LogP contribution < -0.4 is 16.0 Å². The zero-order valence-corrected chi connectivity index (χ0v) is 12.1. The maximum Gasteiger partial charge on any atom is 0.237 e. The lowest BCUT2D eigenvalue weighted by molar-refractivity contribution is -0.124. The molecule has 4 nitrogen and oxygen atoms in total. The maximum absolute atomic E-state index is 11.5. The van der Waals surface area contributed by atoms with Crippen LogP contribution in [-0.4, -0.2) is 31.6 Å². The van der Waals surface area contributed by atoms with Crippen LogP contribution in [0.15, 0.2) is 30.3 Å². The second-order valence-corrected chi connectivity index (χ2v) is 5.09. The van der Waals surface area contributed by atoms with Crippen molar-refractivity contribution in [3.8, 4) is 0 Å². The molecule has 0 aromatic heterocycles. The third-order valence-corrected chi connectivity index (χ3v) is 3.48. The zero-order chi connectivity index (χ0) is 14.3. The normalized spacial score (nSPS) is 13.8. The van der Waals surface area contributed by atoms with Crippen molar-refractivity contribution in [2.24, 2.45) is 5.73 Å². The van der Waals surface area contributed by atoms with Crippen molar-refractivity contribution in [2.75, 3.05) is 25.0 Å². The van der Waals surface area contributed by atoms with Crippen molar-refractivity contribution in [2.45, 2.75) is 32.2 Å². The summed E-state index contributed by atoms with van der Waals surface area (Å²) in [6.45, 7) is 5.50. The molecule has 1 unspecified atom stereocenters. The minimum atomic E-state index is -0.605. The number of likely N-dealkylation sites (N-methyl/N-ethyl adjacent to an activating group) is 1. The van der Waals surface area contributed by atoms with E-state index < -0.39 is 5.54 Å². The average Bonchev–Trinajstić information content (AvgIpc) is 2.39. The van der Waals surface area contributed by atoms with E-state index in [1.807, 2.05) is 32.0 Å². The summed E-state index contributed by atoms with van der Waals surface area (Å²) in [4.78, 5) is 13.7. The first-order chi connectivity index (χ1) is 8.99. The summed E-state index contributed by atoms with van der Waals surface area (Å²) in [5.74, 6) is -0.281. The molecule has 1 rings (SSSR count). The van der Waals surface area contributed by atoms with E-state index in [9.17, 15) is 4.79 Å². The number of nitrogens with zero attached hydrogens (tertiary/aromatic N) is 1. The van der Waals surface area contributed by atoms with Gasteiger partial charge in [0.05, 0.1) is 5.54 Å². The summed E-state index contributed by atoms with van der Waals surface area (Å²) >= 11 is 0. The van der Waals surface area contributed by atoms with Gasteiger partial charge in [-0.25, -0.2) is 0 Å². The second kappa shape index (κ2) is 7.14. The summed E-state index contributed by atoms with van der Waals surface area (Å²) < 4.78 is 0. The highest BCUT2D eigenvalue weighted by molar-refractivity contribution is 5.84. The molecule has 1 atom stereocenters. The topological polar surface area (TPSA) is 58.4 Å². The Hall–Kier alpha value is -1.55. The molecule has 0 aliphatic rings. The first kappa shape index (κ1) is 15.5. The highest BCUT2D eigenvalue weighted by Gasteiger charge is 2.29. The van der Waals surface area contributed by atoms with E-state index in [-0.39, 0.29) is 5.91 Å². The first-order valence-corrected chi connectivity index (χ1v) is 6.80. The van der Waals surface area contributed by atoms with Gasteiger partial charge in [0.2, 0.25) is 5.91 Å². The largest absolute Gasteiger partial charge is 0.375 e. The van der Waals surface area contributed by atoms with Gasteiger partial charge in [0, 0.05) is 19.3 Å². The number of nitrogens with two attached hydrogens (primary N) is 1. The van der Waals surface area contributed by atoms with Crippen molar-refractivity contribution in [1.82, 2.24) is 5.32 Å². The molecule has 4 heteroatoms. The summed E-state index contributed by atoms with van der Waals surface area (Å²) in [6, 6.07) is 10.2. The van der Waals surface area contributed by atoms with Gasteiger partial charge in [-0.1, -0.05) is 25.1 Å². The fourth-order valence-electron chi connectivity index (χ4n) is 2.17. The number of nitrogens with one attached hydrogen (secondary N) is 1. The predicted octanol–water partition coefficient (Wildman–Crippen LogP) is 1.76. The lowest BCUT2D eigenvalue weighted by atomic mass is 9.94. The van der Waals surface area contributed by atoms with Crippen LogP contribution in [0.2, 0.25) is 0 Å². The Balaban J connectivity index is 2.47. The Morgan fingerprint density at radius 1 is 1.37 bits per heavy atom.